The van der Waals surface area contributed by atoms with Crippen LogP contribution in [0.25, 0.3) is 11.4 Å². The fourth-order valence-electron chi connectivity index (χ4n) is 12.8. The summed E-state index contributed by atoms with van der Waals surface area (Å²) in [4.78, 5) is 93.7. The van der Waals surface area contributed by atoms with Crippen LogP contribution in [0.1, 0.15) is 85.9 Å². The highest BCUT2D eigenvalue weighted by Gasteiger charge is 2.76. The summed E-state index contributed by atoms with van der Waals surface area (Å²) in [5, 5.41) is 59.5. The molecule has 4 aliphatic carbocycles. The zero-order valence-electron chi connectivity index (χ0n) is 43.7. The lowest BCUT2D eigenvalue weighted by molar-refractivity contribution is -0.201. The largest absolute Gasteiger partial charge is 0.481 e. The van der Waals surface area contributed by atoms with Crippen molar-refractivity contribution in [2.24, 2.45) is 28.6 Å². The number of amides is 4. The Balaban J connectivity index is 0.675. The molecule has 80 heavy (non-hydrogen) atoms. The average molecular weight is 1110 g/mol. The molecule has 2 aromatic heterocycles. The number of carbonyl (C=O) groups excluding carboxylic acids is 6. The van der Waals surface area contributed by atoms with Gasteiger partial charge in [0.2, 0.25) is 23.5 Å². The number of rotatable bonds is 19. The first kappa shape index (κ1) is 55.4. The highest BCUT2D eigenvalue weighted by atomic mass is 32.1. The van der Waals surface area contributed by atoms with Gasteiger partial charge in [-0.25, -0.2) is 9.78 Å². The van der Waals surface area contributed by atoms with Gasteiger partial charge in [-0.2, -0.15) is 0 Å². The third-order valence-corrected chi connectivity index (χ3v) is 17.4. The molecule has 0 bridgehead atoms. The third-order valence-electron chi connectivity index (χ3n) is 16.5. The van der Waals surface area contributed by atoms with Crippen molar-refractivity contribution in [3.8, 4) is 11.4 Å². The molecule has 10 rings (SSSR count). The number of ketones is 2. The first-order valence-corrected chi connectivity index (χ1v) is 27.2. The van der Waals surface area contributed by atoms with E-state index in [1.807, 2.05) is 37.3 Å². The van der Waals surface area contributed by atoms with Crippen molar-refractivity contribution >= 4 is 64.2 Å². The number of allylic oxidation sites excluding steroid dienone is 4. The van der Waals surface area contributed by atoms with Crippen LogP contribution < -0.4 is 21.3 Å². The number of hydrogen-bond donors (Lipinski definition) is 7. The fraction of sp³-hybridized carbons (Fsp3) is 0.404. The lowest BCUT2D eigenvalue weighted by atomic mass is 9.46. The van der Waals surface area contributed by atoms with Gasteiger partial charge in [0, 0.05) is 51.8 Å². The van der Waals surface area contributed by atoms with Crippen LogP contribution in [0.15, 0.2) is 108 Å². The van der Waals surface area contributed by atoms with Crippen LogP contribution in [0.2, 0.25) is 0 Å². The number of aliphatic hydroxyl groups is 2. The molecule has 4 fully saturated rings. The molecular formula is C57H59N9O13S. The van der Waals surface area contributed by atoms with E-state index in [0.29, 0.717) is 57.4 Å². The number of nitrogens with zero attached hydrogens (tertiary/aromatic N) is 5. The maximum absolute atomic E-state index is 14.0. The zero-order valence-corrected chi connectivity index (χ0v) is 44.5. The summed E-state index contributed by atoms with van der Waals surface area (Å²) in [6, 6.07) is 19.5. The van der Waals surface area contributed by atoms with Crippen LogP contribution in [-0.2, 0) is 62.4 Å². The van der Waals surface area contributed by atoms with E-state index in [4.69, 9.17) is 14.2 Å². The molecular weight excluding hydrogens is 1050 g/mol. The topological polar surface area (TPSA) is 320 Å². The number of carbonyl (C=O) groups is 7. The number of thiazole rings is 1. The quantitative estimate of drug-likeness (QED) is 0.0573. The van der Waals surface area contributed by atoms with Crippen LogP contribution in [0.3, 0.4) is 0 Å². The Morgan fingerprint density at radius 3 is 2.36 bits per heavy atom. The van der Waals surface area contributed by atoms with E-state index in [-0.39, 0.29) is 49.4 Å². The Kier molecular flexibility index (Phi) is 15.9. The van der Waals surface area contributed by atoms with Gasteiger partial charge in [-0.1, -0.05) is 86.2 Å². The van der Waals surface area contributed by atoms with E-state index in [1.165, 1.54) is 17.7 Å². The second kappa shape index (κ2) is 23.0. The van der Waals surface area contributed by atoms with Crippen LogP contribution in [0.5, 0.6) is 0 Å². The van der Waals surface area contributed by atoms with E-state index in [1.54, 1.807) is 66.1 Å². The van der Waals surface area contributed by atoms with Gasteiger partial charge < -0.3 is 45.5 Å². The molecule has 22 nitrogen and oxygen atoms in total. The van der Waals surface area contributed by atoms with E-state index in [9.17, 15) is 48.9 Å². The molecule has 3 aromatic carbocycles. The minimum Gasteiger partial charge on any atom is -0.481 e. The maximum atomic E-state index is 14.0. The van der Waals surface area contributed by atoms with Gasteiger partial charge in [-0.15, -0.1) is 31.7 Å². The summed E-state index contributed by atoms with van der Waals surface area (Å²) in [6.07, 6.45) is 5.49. The van der Waals surface area contributed by atoms with E-state index < -0.39 is 96.1 Å². The van der Waals surface area contributed by atoms with Gasteiger partial charge in [-0.3, -0.25) is 34.1 Å². The predicted molar refractivity (Wildman–Crippen MR) is 286 cm³/mol. The highest BCUT2D eigenvalue weighted by Crippen LogP contribution is 2.70. The van der Waals surface area contributed by atoms with Crippen molar-refractivity contribution in [2.75, 3.05) is 23.8 Å². The van der Waals surface area contributed by atoms with Crippen LogP contribution in [-0.4, -0.2) is 119 Å². The van der Waals surface area contributed by atoms with Crippen molar-refractivity contribution in [2.45, 2.75) is 102 Å². The summed E-state index contributed by atoms with van der Waals surface area (Å²) in [6.45, 7) is 2.80. The van der Waals surface area contributed by atoms with Crippen molar-refractivity contribution < 1.29 is 63.1 Å². The summed E-state index contributed by atoms with van der Waals surface area (Å²) in [5.41, 5.74) is 2.10. The summed E-state index contributed by atoms with van der Waals surface area (Å²) >= 11 is 1.35. The first-order valence-electron chi connectivity index (χ1n) is 26.3. The Morgan fingerprint density at radius 1 is 0.912 bits per heavy atom. The normalized spacial score (nSPS) is 26.6. The van der Waals surface area contributed by atoms with E-state index in [0.717, 1.165) is 24.0 Å². The number of fused-ring (bicyclic) bond motifs is 7. The first-order chi connectivity index (χ1) is 38.4. The Hall–Kier alpha value is -7.96. The molecule has 0 radical (unpaired) electrons. The molecule has 0 unspecified atom stereocenters. The van der Waals surface area contributed by atoms with Gasteiger partial charge in [0.05, 0.1) is 30.2 Å². The summed E-state index contributed by atoms with van der Waals surface area (Å²) in [5.74, 6) is -3.01. The number of nitrogens with one attached hydrogen (secondary N) is 4. The van der Waals surface area contributed by atoms with Crippen LogP contribution >= 0.6 is 11.3 Å². The molecule has 23 heteroatoms. The zero-order chi connectivity index (χ0) is 56.3. The maximum Gasteiger partial charge on any atom is 0.413 e. The summed E-state index contributed by atoms with van der Waals surface area (Å²) < 4.78 is 18.8. The highest BCUT2D eigenvalue weighted by molar-refractivity contribution is 7.10. The standard InChI is InChI=1S/C57H59N9O13S/c1-55-20-19-38(68)23-36(55)13-16-39-40-24-44-57(43(70)27-67,56(40,2)25-42(69)50(39)55)79-53(78-44)35-11-5-32(6-12-35)22-48-63-45(29-80-48)64-54(76)77-28-33-7-14-37(15-8-33)61-52(75)41(17-18-49(73)74)62-47(72)26-58-46(71)21-31-3-9-34(10-4-31)51-65-59-30-60-66-51/h3-12,14-15,19-20,23,29-30,39-42,44,50,53,67,69H,13,16-18,21-22,24-28H2,1-2H3,(H,58,71)(H,61,75)(H,62,72)(H,64,76)(H,73,74)/t39-,40-,41-,42-,44+,50+,53-,55-,56-,57+/m0/s1. The van der Waals surface area contributed by atoms with Gasteiger partial charge in [-0.05, 0) is 84.9 Å². The molecule has 416 valence electrons. The number of benzene rings is 3. The monoisotopic (exact) mass is 1110 g/mol. The molecule has 3 heterocycles. The molecule has 3 saturated carbocycles. The van der Waals surface area contributed by atoms with Crippen LogP contribution in [0, 0.1) is 28.6 Å². The average Bonchev–Trinajstić information content (AvgIpc) is 4.28. The minimum atomic E-state index is -1.47. The Bertz CT molecular complexity index is 3250. The van der Waals surface area contributed by atoms with Crippen LogP contribution in [0.4, 0.5) is 16.3 Å². The molecule has 5 aromatic rings. The Morgan fingerprint density at radius 2 is 1.64 bits per heavy atom. The van der Waals surface area contributed by atoms with Gasteiger partial charge in [0.25, 0.3) is 0 Å². The molecule has 10 atom stereocenters. The number of aromatic nitrogens is 5. The number of carboxylic acid groups (broad SMARTS) is 1. The van der Waals surface area contributed by atoms with E-state index >= 15 is 0 Å². The number of Topliss-reactive ketones (excluding diaryl/α,β-unsaturated/α-hetero) is 1. The fourth-order valence-corrected chi connectivity index (χ4v) is 13.5. The van der Waals surface area contributed by atoms with Crippen molar-refractivity contribution in [3.63, 3.8) is 0 Å². The Labute approximate surface area is 462 Å². The number of hydrogen-bond acceptors (Lipinski definition) is 18. The number of carboxylic acids is 1. The van der Waals surface area contributed by atoms with Gasteiger partial charge in [0.15, 0.2) is 29.8 Å². The molecule has 0 spiro atoms. The smallest absolute Gasteiger partial charge is 0.413 e. The summed E-state index contributed by atoms with van der Waals surface area (Å²) in [7, 11) is 0. The third kappa shape index (κ3) is 11.3. The minimum absolute atomic E-state index is 0.0238. The SMILES string of the molecule is C[C@]12C=CC(=O)C=C1CC[C@@H]1[C@@H]2[C@@H](O)C[C@@]2(C)[C@H]1C[C@H]1O[C@H](c3ccc(Cc4nc(NC(=O)OCc5ccc(NC(=O)[C@H](CCC(=O)O)NC(=O)CNC(=O)Cc6ccc(-c7nncnn7)cc6)cc5)cs4)cc3)O[C@]12C(=O)CO. The van der Waals surface area contributed by atoms with Crippen molar-refractivity contribution in [1.29, 1.82) is 0 Å². The molecule has 1 saturated heterocycles. The number of aliphatic carboxylic acids is 1. The predicted octanol–water partition coefficient (Wildman–Crippen LogP) is 4.98. The van der Waals surface area contributed by atoms with Gasteiger partial charge in [0.1, 0.15) is 25.1 Å². The lowest BCUT2D eigenvalue weighted by Crippen LogP contribution is -2.63. The number of ether oxygens (including phenoxy) is 3. The van der Waals surface area contributed by atoms with E-state index in [2.05, 4.69) is 53.6 Å². The van der Waals surface area contributed by atoms with Crippen molar-refractivity contribution in [1.82, 2.24) is 36.0 Å². The molecule has 5 aliphatic rings. The second-order valence-corrected chi connectivity index (χ2v) is 22.3. The number of aliphatic hydroxyl groups excluding tert-OH is 2. The molecule has 1 aliphatic heterocycles. The molecule has 7 N–H and O–H groups in total. The van der Waals surface area contributed by atoms with Gasteiger partial charge >= 0.3 is 12.1 Å². The lowest BCUT2D eigenvalue weighted by Gasteiger charge is -2.59. The second-order valence-electron chi connectivity index (χ2n) is 21.3. The van der Waals surface area contributed by atoms with Crippen molar-refractivity contribution in [3.05, 3.63) is 136 Å². The number of anilines is 2. The molecule has 4 amide bonds.